The number of aromatic nitrogens is 2. The van der Waals surface area contributed by atoms with Gasteiger partial charge < -0.3 is 9.97 Å². The van der Waals surface area contributed by atoms with Crippen LogP contribution in [0.15, 0.2) is 46.1 Å². The van der Waals surface area contributed by atoms with E-state index in [0.717, 1.165) is 12.1 Å². The predicted molar refractivity (Wildman–Crippen MR) is 84.0 cm³/mol. The maximum Gasteiger partial charge on any atom is 0.323 e. The molecule has 1 heterocycles. The standard InChI is InChI=1S/C15H13F2N3O3S/c1-8(9-2-4-11(16)12(17)6-9)20-24(22,23)10-3-5-13-14(7-10)19-15(21)18-13/h2-8,20H,1H3,(H2,18,19,21)/t8-/m1/s1. The molecule has 0 aliphatic rings. The van der Waals surface area contributed by atoms with Gasteiger partial charge in [0, 0.05) is 6.04 Å². The maximum atomic E-state index is 13.3. The number of nitrogens with one attached hydrogen (secondary N) is 3. The molecule has 3 rings (SSSR count). The SMILES string of the molecule is C[C@@H](NS(=O)(=O)c1ccc2[nH]c(=O)[nH]c2c1)c1ccc(F)c(F)c1. The Labute approximate surface area is 135 Å². The monoisotopic (exact) mass is 353 g/mol. The topological polar surface area (TPSA) is 94.8 Å². The summed E-state index contributed by atoms with van der Waals surface area (Å²) < 4.78 is 53.5. The molecule has 9 heteroatoms. The van der Waals surface area contributed by atoms with Crippen molar-refractivity contribution >= 4 is 21.1 Å². The molecule has 2 aromatic carbocycles. The third-order valence-electron chi connectivity index (χ3n) is 3.57. The Balaban J connectivity index is 1.91. The van der Waals surface area contributed by atoms with Crippen LogP contribution in [0.5, 0.6) is 0 Å². The fourth-order valence-corrected chi connectivity index (χ4v) is 3.59. The number of fused-ring (bicyclic) bond motifs is 1. The lowest BCUT2D eigenvalue weighted by Crippen LogP contribution is -2.27. The Bertz CT molecular complexity index is 1070. The van der Waals surface area contributed by atoms with E-state index < -0.39 is 33.4 Å². The molecule has 0 unspecified atom stereocenters. The van der Waals surface area contributed by atoms with Crippen molar-refractivity contribution in [3.63, 3.8) is 0 Å². The van der Waals surface area contributed by atoms with Crippen molar-refractivity contribution in [1.82, 2.24) is 14.7 Å². The third-order valence-corrected chi connectivity index (χ3v) is 5.11. The quantitative estimate of drug-likeness (QED) is 0.671. The van der Waals surface area contributed by atoms with E-state index in [1.807, 2.05) is 0 Å². The molecule has 3 aromatic rings. The normalized spacial score (nSPS) is 13.3. The number of hydrogen-bond acceptors (Lipinski definition) is 3. The number of halogens is 2. The first-order chi connectivity index (χ1) is 11.3. The molecule has 1 atom stereocenters. The van der Waals surface area contributed by atoms with Gasteiger partial charge in [0.2, 0.25) is 10.0 Å². The number of H-pyrrole nitrogens is 2. The van der Waals surface area contributed by atoms with E-state index in [9.17, 15) is 22.0 Å². The van der Waals surface area contributed by atoms with Crippen molar-refractivity contribution in [3.05, 3.63) is 64.1 Å². The van der Waals surface area contributed by atoms with E-state index in [0.29, 0.717) is 11.0 Å². The van der Waals surface area contributed by atoms with Crippen LogP contribution in [-0.4, -0.2) is 18.4 Å². The Kier molecular flexibility index (Phi) is 3.98. The predicted octanol–water partition coefficient (Wildman–Crippen LogP) is 2.17. The van der Waals surface area contributed by atoms with Crippen LogP contribution in [0.1, 0.15) is 18.5 Å². The zero-order valence-electron chi connectivity index (χ0n) is 12.4. The highest BCUT2D eigenvalue weighted by molar-refractivity contribution is 7.89. The summed E-state index contributed by atoms with van der Waals surface area (Å²) in [5.74, 6) is -2.06. The van der Waals surface area contributed by atoms with E-state index >= 15 is 0 Å². The minimum absolute atomic E-state index is 0.0558. The number of aromatic amines is 2. The summed E-state index contributed by atoms with van der Waals surface area (Å²) in [6.45, 7) is 1.51. The van der Waals surface area contributed by atoms with E-state index in [-0.39, 0.29) is 10.5 Å². The molecule has 0 bridgehead atoms. The first-order valence-electron chi connectivity index (χ1n) is 6.95. The molecule has 3 N–H and O–H groups in total. The lowest BCUT2D eigenvalue weighted by molar-refractivity contribution is 0.504. The van der Waals surface area contributed by atoms with Crippen molar-refractivity contribution < 1.29 is 17.2 Å². The lowest BCUT2D eigenvalue weighted by Gasteiger charge is -2.15. The van der Waals surface area contributed by atoms with Gasteiger partial charge in [0.1, 0.15) is 0 Å². The summed E-state index contributed by atoms with van der Waals surface area (Å²) in [4.78, 5) is 16.2. The summed E-state index contributed by atoms with van der Waals surface area (Å²) in [5, 5.41) is 0. The Morgan fingerprint density at radius 1 is 1.00 bits per heavy atom. The average molecular weight is 353 g/mol. The maximum absolute atomic E-state index is 13.3. The Morgan fingerprint density at radius 2 is 1.71 bits per heavy atom. The van der Waals surface area contributed by atoms with Gasteiger partial charge in [-0.1, -0.05) is 6.07 Å². The molecule has 6 nitrogen and oxygen atoms in total. The molecule has 0 aliphatic carbocycles. The van der Waals surface area contributed by atoms with Gasteiger partial charge in [0.25, 0.3) is 0 Å². The van der Waals surface area contributed by atoms with Gasteiger partial charge in [-0.3, -0.25) is 0 Å². The Hall–Kier alpha value is -2.52. The zero-order chi connectivity index (χ0) is 17.5. The highest BCUT2D eigenvalue weighted by Crippen LogP contribution is 2.20. The first-order valence-corrected chi connectivity index (χ1v) is 8.44. The van der Waals surface area contributed by atoms with E-state index in [4.69, 9.17) is 0 Å². The van der Waals surface area contributed by atoms with Gasteiger partial charge in [0.15, 0.2) is 11.6 Å². The van der Waals surface area contributed by atoms with Crippen LogP contribution < -0.4 is 10.4 Å². The Morgan fingerprint density at radius 3 is 2.42 bits per heavy atom. The van der Waals surface area contributed by atoms with Crippen molar-refractivity contribution in [2.75, 3.05) is 0 Å². The zero-order valence-corrected chi connectivity index (χ0v) is 13.2. The summed E-state index contributed by atoms with van der Waals surface area (Å²) >= 11 is 0. The van der Waals surface area contributed by atoms with Crippen LogP contribution in [0.3, 0.4) is 0 Å². The first kappa shape index (κ1) is 16.3. The fraction of sp³-hybridized carbons (Fsp3) is 0.133. The summed E-state index contributed by atoms with van der Waals surface area (Å²) in [6, 6.07) is 6.52. The highest BCUT2D eigenvalue weighted by atomic mass is 32.2. The van der Waals surface area contributed by atoms with Crippen LogP contribution in [0.4, 0.5) is 8.78 Å². The molecule has 0 fully saturated rings. The smallest absolute Gasteiger partial charge is 0.306 e. The number of imidazole rings is 1. The van der Waals surface area contributed by atoms with Crippen LogP contribution >= 0.6 is 0 Å². The van der Waals surface area contributed by atoms with Crippen LogP contribution in [-0.2, 0) is 10.0 Å². The molecule has 0 radical (unpaired) electrons. The van der Waals surface area contributed by atoms with E-state index in [1.54, 1.807) is 0 Å². The summed E-state index contributed by atoms with van der Waals surface area (Å²) in [5.41, 5.74) is 0.673. The van der Waals surface area contributed by atoms with Crippen LogP contribution in [0.2, 0.25) is 0 Å². The second-order valence-corrected chi connectivity index (χ2v) is 7.02. The summed E-state index contributed by atoms with van der Waals surface area (Å²) in [7, 11) is -3.91. The number of hydrogen-bond donors (Lipinski definition) is 3. The highest BCUT2D eigenvalue weighted by Gasteiger charge is 2.20. The second-order valence-electron chi connectivity index (χ2n) is 5.30. The minimum atomic E-state index is -3.91. The fourth-order valence-electron chi connectivity index (χ4n) is 2.33. The largest absolute Gasteiger partial charge is 0.323 e. The molecule has 0 saturated carbocycles. The molecule has 0 aliphatic heterocycles. The molecule has 1 aromatic heterocycles. The molecule has 24 heavy (non-hydrogen) atoms. The van der Waals surface area contributed by atoms with Crippen molar-refractivity contribution in [2.24, 2.45) is 0 Å². The minimum Gasteiger partial charge on any atom is -0.306 e. The van der Waals surface area contributed by atoms with Crippen molar-refractivity contribution in [3.8, 4) is 0 Å². The van der Waals surface area contributed by atoms with E-state index in [1.165, 1.54) is 31.2 Å². The molecule has 126 valence electrons. The third kappa shape index (κ3) is 3.08. The second kappa shape index (κ2) is 5.84. The molecular weight excluding hydrogens is 340 g/mol. The molecule has 0 amide bonds. The molecular formula is C15H13F2N3O3S. The van der Waals surface area contributed by atoms with Gasteiger partial charge in [-0.25, -0.2) is 26.7 Å². The van der Waals surface area contributed by atoms with Crippen LogP contribution in [0.25, 0.3) is 11.0 Å². The van der Waals surface area contributed by atoms with Crippen LogP contribution in [0, 0.1) is 11.6 Å². The van der Waals surface area contributed by atoms with Crippen molar-refractivity contribution in [2.45, 2.75) is 17.9 Å². The number of rotatable bonds is 4. The lowest BCUT2D eigenvalue weighted by atomic mass is 10.1. The summed E-state index contributed by atoms with van der Waals surface area (Å²) in [6.07, 6.45) is 0. The molecule has 0 saturated heterocycles. The van der Waals surface area contributed by atoms with Crippen molar-refractivity contribution in [1.29, 1.82) is 0 Å². The average Bonchev–Trinajstić information content (AvgIpc) is 2.88. The van der Waals surface area contributed by atoms with E-state index in [2.05, 4.69) is 14.7 Å². The van der Waals surface area contributed by atoms with Gasteiger partial charge in [-0.15, -0.1) is 0 Å². The number of sulfonamides is 1. The van der Waals surface area contributed by atoms with Gasteiger partial charge >= 0.3 is 5.69 Å². The number of benzene rings is 2. The van der Waals surface area contributed by atoms with Gasteiger partial charge in [-0.2, -0.15) is 0 Å². The van der Waals surface area contributed by atoms with Gasteiger partial charge in [-0.05, 0) is 42.8 Å². The molecule has 0 spiro atoms. The van der Waals surface area contributed by atoms with Gasteiger partial charge in [0.05, 0.1) is 15.9 Å².